The molecule has 1 amide bonds. The highest BCUT2D eigenvalue weighted by Gasteiger charge is 2.16. The molecule has 2 aromatic carbocycles. The molecule has 0 heterocycles. The number of halogens is 3. The number of aromatic hydroxyl groups is 1. The Morgan fingerprint density at radius 1 is 1.21 bits per heavy atom. The van der Waals surface area contributed by atoms with E-state index in [-0.39, 0.29) is 31.9 Å². The maximum absolute atomic E-state index is 11.9. The van der Waals surface area contributed by atoms with Crippen molar-refractivity contribution in [2.75, 3.05) is 0 Å². The zero-order valence-corrected chi connectivity index (χ0v) is 13.9. The second-order valence-electron chi connectivity index (χ2n) is 4.45. The molecule has 0 aliphatic heterocycles. The van der Waals surface area contributed by atoms with E-state index in [4.69, 9.17) is 34.8 Å². The number of carbonyl (C=O) groups excluding carboxylic acids is 1. The topological polar surface area (TPSA) is 105 Å². The van der Waals surface area contributed by atoms with E-state index in [1.54, 1.807) is 0 Å². The SMILES string of the molecule is O=C(NN=Cc1cc(Cl)cc(Cl)c1O)c1ccc(Cl)c([N+](=O)[O-])c1. The fraction of sp³-hybridized carbons (Fsp3) is 0. The van der Waals surface area contributed by atoms with Crippen LogP contribution in [0.5, 0.6) is 5.75 Å². The number of hydrazone groups is 1. The number of phenols is 1. The summed E-state index contributed by atoms with van der Waals surface area (Å²) in [4.78, 5) is 22.0. The summed E-state index contributed by atoms with van der Waals surface area (Å²) in [6.45, 7) is 0. The van der Waals surface area contributed by atoms with Crippen molar-refractivity contribution in [3.8, 4) is 5.75 Å². The molecule has 10 heteroatoms. The van der Waals surface area contributed by atoms with Crippen molar-refractivity contribution in [1.82, 2.24) is 5.43 Å². The van der Waals surface area contributed by atoms with Crippen molar-refractivity contribution < 1.29 is 14.8 Å². The lowest BCUT2D eigenvalue weighted by atomic mass is 10.2. The summed E-state index contributed by atoms with van der Waals surface area (Å²) >= 11 is 17.2. The average Bonchev–Trinajstić information content (AvgIpc) is 2.51. The number of hydrogen-bond acceptors (Lipinski definition) is 5. The molecule has 0 aliphatic rings. The molecule has 2 aromatic rings. The molecule has 0 fully saturated rings. The zero-order chi connectivity index (χ0) is 17.9. The van der Waals surface area contributed by atoms with Gasteiger partial charge in [-0.05, 0) is 24.3 Å². The van der Waals surface area contributed by atoms with E-state index in [0.29, 0.717) is 0 Å². The smallest absolute Gasteiger partial charge is 0.288 e. The summed E-state index contributed by atoms with van der Waals surface area (Å²) in [5, 5.41) is 24.4. The molecule has 0 unspecified atom stereocenters. The van der Waals surface area contributed by atoms with Gasteiger partial charge in [-0.2, -0.15) is 5.10 Å². The van der Waals surface area contributed by atoms with Gasteiger partial charge in [0.05, 0.1) is 16.2 Å². The van der Waals surface area contributed by atoms with Crippen molar-refractivity contribution in [1.29, 1.82) is 0 Å². The molecule has 24 heavy (non-hydrogen) atoms. The van der Waals surface area contributed by atoms with Gasteiger partial charge in [0.25, 0.3) is 11.6 Å². The first-order chi connectivity index (χ1) is 11.3. The van der Waals surface area contributed by atoms with E-state index in [2.05, 4.69) is 10.5 Å². The van der Waals surface area contributed by atoms with Crippen LogP contribution in [0.4, 0.5) is 5.69 Å². The minimum Gasteiger partial charge on any atom is -0.506 e. The van der Waals surface area contributed by atoms with Gasteiger partial charge in [-0.3, -0.25) is 14.9 Å². The van der Waals surface area contributed by atoms with E-state index in [1.807, 2.05) is 0 Å². The maximum atomic E-state index is 11.9. The second-order valence-corrected chi connectivity index (χ2v) is 5.70. The average molecular weight is 389 g/mol. The molecular weight excluding hydrogens is 381 g/mol. The predicted octanol–water partition coefficient (Wildman–Crippen LogP) is 4.02. The van der Waals surface area contributed by atoms with Crippen molar-refractivity contribution >= 4 is 52.6 Å². The monoisotopic (exact) mass is 387 g/mol. The number of nitro benzene ring substituents is 1. The second kappa shape index (κ2) is 7.48. The summed E-state index contributed by atoms with van der Waals surface area (Å²) in [5.41, 5.74) is 1.96. The van der Waals surface area contributed by atoms with Crippen molar-refractivity contribution in [2.24, 2.45) is 5.10 Å². The van der Waals surface area contributed by atoms with Crippen LogP contribution in [0.2, 0.25) is 15.1 Å². The third-order valence-corrected chi connectivity index (χ3v) is 3.66. The number of nitrogens with zero attached hydrogens (tertiary/aromatic N) is 2. The summed E-state index contributed by atoms with van der Waals surface area (Å²) in [6.07, 6.45) is 1.13. The van der Waals surface area contributed by atoms with Gasteiger partial charge in [-0.15, -0.1) is 0 Å². The Bertz CT molecular complexity index is 855. The lowest BCUT2D eigenvalue weighted by molar-refractivity contribution is -0.384. The lowest BCUT2D eigenvalue weighted by Crippen LogP contribution is -2.17. The highest BCUT2D eigenvalue weighted by molar-refractivity contribution is 6.36. The zero-order valence-electron chi connectivity index (χ0n) is 11.7. The molecule has 0 aliphatic carbocycles. The Kier molecular flexibility index (Phi) is 5.61. The molecule has 2 N–H and O–H groups in total. The minimum atomic E-state index is -0.700. The lowest BCUT2D eigenvalue weighted by Gasteiger charge is -2.03. The number of amides is 1. The highest BCUT2D eigenvalue weighted by Crippen LogP contribution is 2.30. The van der Waals surface area contributed by atoms with Crippen LogP contribution in [-0.4, -0.2) is 22.2 Å². The Morgan fingerprint density at radius 2 is 1.92 bits per heavy atom. The number of carbonyl (C=O) groups is 1. The summed E-state index contributed by atoms with van der Waals surface area (Å²) in [7, 11) is 0. The number of benzene rings is 2. The van der Waals surface area contributed by atoms with Gasteiger partial charge in [0, 0.05) is 22.2 Å². The highest BCUT2D eigenvalue weighted by atomic mass is 35.5. The predicted molar refractivity (Wildman–Crippen MR) is 91.3 cm³/mol. The summed E-state index contributed by atoms with van der Waals surface area (Å²) in [5.74, 6) is -0.945. The molecule has 2 rings (SSSR count). The van der Waals surface area contributed by atoms with Gasteiger partial charge >= 0.3 is 0 Å². The Balaban J connectivity index is 2.17. The fourth-order valence-electron chi connectivity index (χ4n) is 1.70. The van der Waals surface area contributed by atoms with Crippen molar-refractivity contribution in [3.63, 3.8) is 0 Å². The first-order valence-corrected chi connectivity index (χ1v) is 7.38. The molecular formula is C14H8Cl3N3O4. The first-order valence-electron chi connectivity index (χ1n) is 6.25. The van der Waals surface area contributed by atoms with Gasteiger partial charge in [0.15, 0.2) is 0 Å². The quantitative estimate of drug-likeness (QED) is 0.469. The third-order valence-electron chi connectivity index (χ3n) is 2.83. The van der Waals surface area contributed by atoms with Crippen molar-refractivity contribution in [3.05, 3.63) is 66.6 Å². The summed E-state index contributed by atoms with van der Waals surface area (Å²) in [6, 6.07) is 6.32. The Hall–Kier alpha value is -2.35. The van der Waals surface area contributed by atoms with E-state index in [1.165, 1.54) is 24.3 Å². The molecule has 0 saturated carbocycles. The van der Waals surface area contributed by atoms with Gasteiger partial charge in [0.2, 0.25) is 0 Å². The Labute approximate surface area is 150 Å². The number of hydrogen-bond donors (Lipinski definition) is 2. The third kappa shape index (κ3) is 4.14. The largest absolute Gasteiger partial charge is 0.506 e. The van der Waals surface area contributed by atoms with Crippen LogP contribution in [0.15, 0.2) is 35.4 Å². The summed E-state index contributed by atoms with van der Waals surface area (Å²) < 4.78 is 0. The first kappa shape index (κ1) is 18.0. The van der Waals surface area contributed by atoms with Crippen LogP contribution >= 0.6 is 34.8 Å². The van der Waals surface area contributed by atoms with Crippen LogP contribution in [0.3, 0.4) is 0 Å². The Morgan fingerprint density at radius 3 is 2.58 bits per heavy atom. The molecule has 0 saturated heterocycles. The van der Waals surface area contributed by atoms with E-state index < -0.39 is 16.5 Å². The van der Waals surface area contributed by atoms with Crippen LogP contribution in [0, 0.1) is 10.1 Å². The molecule has 0 radical (unpaired) electrons. The number of nitrogens with one attached hydrogen (secondary N) is 1. The fourth-order valence-corrected chi connectivity index (χ4v) is 2.40. The standard InChI is InChI=1S/C14H8Cl3N3O4/c15-9-3-8(13(21)11(17)5-9)6-18-19-14(22)7-1-2-10(16)12(4-7)20(23)24/h1-6,21H,(H,19,22). The number of nitro groups is 1. The van der Waals surface area contributed by atoms with E-state index in [9.17, 15) is 20.0 Å². The van der Waals surface area contributed by atoms with Crippen molar-refractivity contribution in [2.45, 2.75) is 0 Å². The number of phenolic OH excluding ortho intramolecular Hbond substituents is 1. The van der Waals surface area contributed by atoms with Gasteiger partial charge in [0.1, 0.15) is 10.8 Å². The minimum absolute atomic E-state index is 0.00315. The van der Waals surface area contributed by atoms with Crippen LogP contribution in [0.25, 0.3) is 0 Å². The van der Waals surface area contributed by atoms with E-state index in [0.717, 1.165) is 12.3 Å². The van der Waals surface area contributed by atoms with Crippen LogP contribution < -0.4 is 5.43 Å². The molecule has 7 nitrogen and oxygen atoms in total. The van der Waals surface area contributed by atoms with E-state index >= 15 is 0 Å². The molecule has 0 spiro atoms. The molecule has 0 bridgehead atoms. The van der Waals surface area contributed by atoms with Gasteiger partial charge in [-0.1, -0.05) is 34.8 Å². The van der Waals surface area contributed by atoms with Gasteiger partial charge < -0.3 is 5.11 Å². The molecule has 0 aromatic heterocycles. The number of rotatable bonds is 4. The molecule has 0 atom stereocenters. The normalized spacial score (nSPS) is 10.8. The maximum Gasteiger partial charge on any atom is 0.288 e. The van der Waals surface area contributed by atoms with Crippen LogP contribution in [0.1, 0.15) is 15.9 Å². The van der Waals surface area contributed by atoms with Crippen LogP contribution in [-0.2, 0) is 0 Å². The van der Waals surface area contributed by atoms with Gasteiger partial charge in [-0.25, -0.2) is 5.43 Å². The molecule has 124 valence electrons.